The Morgan fingerprint density at radius 3 is 2.76 bits per heavy atom. The highest BCUT2D eigenvalue weighted by molar-refractivity contribution is 6.04. The fourth-order valence-corrected chi connectivity index (χ4v) is 2.53. The van der Waals surface area contributed by atoms with Crippen LogP contribution in [0.4, 0.5) is 11.5 Å². The zero-order valence-electron chi connectivity index (χ0n) is 15.2. The van der Waals surface area contributed by atoms with Crippen molar-refractivity contribution in [2.75, 3.05) is 10.6 Å². The monoisotopic (exact) mass is 393 g/mol. The quantitative estimate of drug-likeness (QED) is 0.507. The number of aromatic nitrogens is 5. The van der Waals surface area contributed by atoms with E-state index in [2.05, 4.69) is 31.2 Å². The number of aryl methyl sites for hydroxylation is 1. The Morgan fingerprint density at radius 2 is 2.00 bits per heavy atom. The van der Waals surface area contributed by atoms with Crippen molar-refractivity contribution in [1.82, 2.24) is 25.4 Å². The Kier molecular flexibility index (Phi) is 4.84. The number of anilines is 2. The third kappa shape index (κ3) is 4.18. The van der Waals surface area contributed by atoms with Crippen LogP contribution in [0, 0.1) is 6.92 Å². The first kappa shape index (κ1) is 18.1. The number of para-hydroxylation sites is 1. The summed E-state index contributed by atoms with van der Waals surface area (Å²) < 4.78 is 9.99. The SMILES string of the molecule is Cc1cc(NC(=O)Cn2nnc(-c3ccccc3NC(=O)c3ccco3)n2)no1. The lowest BCUT2D eigenvalue weighted by Gasteiger charge is -2.07. The van der Waals surface area contributed by atoms with Gasteiger partial charge in [0.25, 0.3) is 5.91 Å². The summed E-state index contributed by atoms with van der Waals surface area (Å²) in [4.78, 5) is 25.5. The molecule has 4 rings (SSSR count). The van der Waals surface area contributed by atoms with E-state index in [0.29, 0.717) is 22.8 Å². The van der Waals surface area contributed by atoms with Crippen LogP contribution in [-0.4, -0.2) is 37.2 Å². The molecular weight excluding hydrogens is 378 g/mol. The molecule has 3 aromatic heterocycles. The summed E-state index contributed by atoms with van der Waals surface area (Å²) in [5.74, 6) is 0.522. The van der Waals surface area contributed by atoms with Gasteiger partial charge in [0.1, 0.15) is 12.3 Å². The lowest BCUT2D eigenvalue weighted by atomic mass is 10.1. The molecular formula is C18H15N7O4. The van der Waals surface area contributed by atoms with Crippen molar-refractivity contribution >= 4 is 23.3 Å². The Bertz CT molecular complexity index is 1150. The topological polar surface area (TPSA) is 141 Å². The average molecular weight is 393 g/mol. The van der Waals surface area contributed by atoms with Gasteiger partial charge in [-0.2, -0.15) is 4.80 Å². The maximum absolute atomic E-state index is 12.3. The van der Waals surface area contributed by atoms with Crippen molar-refractivity contribution in [3.05, 3.63) is 60.2 Å². The van der Waals surface area contributed by atoms with Gasteiger partial charge in [0, 0.05) is 11.6 Å². The minimum Gasteiger partial charge on any atom is -0.459 e. The zero-order valence-corrected chi connectivity index (χ0v) is 15.2. The molecule has 4 aromatic rings. The van der Waals surface area contributed by atoms with E-state index < -0.39 is 5.91 Å². The van der Waals surface area contributed by atoms with Crippen molar-refractivity contribution in [2.24, 2.45) is 0 Å². The molecule has 3 heterocycles. The van der Waals surface area contributed by atoms with Gasteiger partial charge in [-0.25, -0.2) is 0 Å². The van der Waals surface area contributed by atoms with Crippen LogP contribution in [0.1, 0.15) is 16.3 Å². The van der Waals surface area contributed by atoms with Crippen LogP contribution in [0.25, 0.3) is 11.4 Å². The Morgan fingerprint density at radius 1 is 1.14 bits per heavy atom. The lowest BCUT2D eigenvalue weighted by Crippen LogP contribution is -2.20. The van der Waals surface area contributed by atoms with Crippen molar-refractivity contribution < 1.29 is 18.5 Å². The van der Waals surface area contributed by atoms with E-state index in [1.165, 1.54) is 6.26 Å². The molecule has 0 saturated heterocycles. The van der Waals surface area contributed by atoms with E-state index in [1.807, 2.05) is 0 Å². The number of carbonyl (C=O) groups excluding carboxylic acids is 2. The highest BCUT2D eigenvalue weighted by atomic mass is 16.5. The Labute approximate surface area is 163 Å². The molecule has 0 bridgehead atoms. The van der Waals surface area contributed by atoms with Gasteiger partial charge in [-0.15, -0.1) is 10.2 Å². The maximum atomic E-state index is 12.3. The van der Waals surface area contributed by atoms with E-state index in [-0.39, 0.29) is 24.0 Å². The first-order chi connectivity index (χ1) is 14.1. The van der Waals surface area contributed by atoms with E-state index >= 15 is 0 Å². The summed E-state index contributed by atoms with van der Waals surface area (Å²) in [6.07, 6.45) is 1.42. The van der Waals surface area contributed by atoms with Crippen LogP contribution in [0.3, 0.4) is 0 Å². The lowest BCUT2D eigenvalue weighted by molar-refractivity contribution is -0.117. The highest BCUT2D eigenvalue weighted by Crippen LogP contribution is 2.24. The second kappa shape index (κ2) is 7.76. The summed E-state index contributed by atoms with van der Waals surface area (Å²) in [7, 11) is 0. The van der Waals surface area contributed by atoms with Crippen LogP contribution in [-0.2, 0) is 11.3 Å². The summed E-state index contributed by atoms with van der Waals surface area (Å²) in [5, 5.41) is 21.1. The average Bonchev–Trinajstić information content (AvgIpc) is 3.45. The number of benzene rings is 1. The first-order valence-electron chi connectivity index (χ1n) is 8.54. The van der Waals surface area contributed by atoms with Crippen molar-refractivity contribution in [3.63, 3.8) is 0 Å². The first-order valence-corrected chi connectivity index (χ1v) is 8.54. The van der Waals surface area contributed by atoms with Crippen LogP contribution < -0.4 is 10.6 Å². The van der Waals surface area contributed by atoms with Crippen molar-refractivity contribution in [1.29, 1.82) is 0 Å². The van der Waals surface area contributed by atoms with Gasteiger partial charge in [0.15, 0.2) is 11.6 Å². The van der Waals surface area contributed by atoms with Gasteiger partial charge in [-0.1, -0.05) is 17.3 Å². The molecule has 0 radical (unpaired) electrons. The molecule has 0 atom stereocenters. The minimum atomic E-state index is -0.405. The molecule has 29 heavy (non-hydrogen) atoms. The molecule has 146 valence electrons. The van der Waals surface area contributed by atoms with Crippen LogP contribution >= 0.6 is 0 Å². The summed E-state index contributed by atoms with van der Waals surface area (Å²) >= 11 is 0. The summed E-state index contributed by atoms with van der Waals surface area (Å²) in [6, 6.07) is 11.8. The van der Waals surface area contributed by atoms with Crippen molar-refractivity contribution in [3.8, 4) is 11.4 Å². The predicted octanol–water partition coefficient (Wildman–Crippen LogP) is 2.12. The maximum Gasteiger partial charge on any atom is 0.291 e. The van der Waals surface area contributed by atoms with Gasteiger partial charge in [-0.05, 0) is 36.4 Å². The molecule has 11 heteroatoms. The number of carbonyl (C=O) groups is 2. The fraction of sp³-hybridized carbons (Fsp3) is 0.111. The molecule has 0 spiro atoms. The van der Waals surface area contributed by atoms with Crippen molar-refractivity contribution in [2.45, 2.75) is 13.5 Å². The number of tetrazole rings is 1. The molecule has 0 aliphatic rings. The zero-order chi connectivity index (χ0) is 20.2. The normalized spacial score (nSPS) is 10.7. The minimum absolute atomic E-state index is 0.167. The number of nitrogens with zero attached hydrogens (tertiary/aromatic N) is 5. The molecule has 0 aliphatic carbocycles. The van der Waals surface area contributed by atoms with Crippen LogP contribution in [0.15, 0.2) is 57.7 Å². The molecule has 1 aromatic carbocycles. The second-order valence-corrected chi connectivity index (χ2v) is 5.99. The number of amides is 2. The van der Waals surface area contributed by atoms with Gasteiger partial charge in [0.05, 0.1) is 12.0 Å². The van der Waals surface area contributed by atoms with E-state index in [9.17, 15) is 9.59 Å². The molecule has 0 aliphatic heterocycles. The number of furan rings is 1. The molecule has 2 N–H and O–H groups in total. The highest BCUT2D eigenvalue weighted by Gasteiger charge is 2.16. The number of hydrogen-bond acceptors (Lipinski definition) is 8. The van der Waals surface area contributed by atoms with E-state index in [0.717, 1.165) is 4.80 Å². The van der Waals surface area contributed by atoms with E-state index in [4.69, 9.17) is 8.94 Å². The predicted molar refractivity (Wildman–Crippen MR) is 99.8 cm³/mol. The molecule has 0 fully saturated rings. The second-order valence-electron chi connectivity index (χ2n) is 5.99. The van der Waals surface area contributed by atoms with Gasteiger partial charge in [-0.3, -0.25) is 9.59 Å². The summed E-state index contributed by atoms with van der Waals surface area (Å²) in [5.41, 5.74) is 1.03. The molecule has 0 saturated carbocycles. The smallest absolute Gasteiger partial charge is 0.291 e. The van der Waals surface area contributed by atoms with Crippen LogP contribution in [0.2, 0.25) is 0 Å². The van der Waals surface area contributed by atoms with E-state index in [1.54, 1.807) is 49.4 Å². The Hall–Kier alpha value is -4.28. The van der Waals surface area contributed by atoms with Gasteiger partial charge >= 0.3 is 0 Å². The molecule has 0 unspecified atom stereocenters. The fourth-order valence-electron chi connectivity index (χ4n) is 2.53. The standard InChI is InChI=1S/C18H15N7O4/c1-11-9-15(23-29-11)20-16(26)10-25-22-17(21-24-25)12-5-2-3-6-13(12)19-18(27)14-7-4-8-28-14/h2-9H,10H2,1H3,(H,19,27)(H,20,23,26). The Balaban J connectivity index is 1.48. The summed E-state index contributed by atoms with van der Waals surface area (Å²) in [6.45, 7) is 1.55. The largest absolute Gasteiger partial charge is 0.459 e. The van der Waals surface area contributed by atoms with Gasteiger partial charge in [0.2, 0.25) is 11.7 Å². The number of nitrogens with one attached hydrogen (secondary N) is 2. The molecule has 2 amide bonds. The third-order valence-corrected chi connectivity index (χ3v) is 3.79. The number of rotatable bonds is 6. The van der Waals surface area contributed by atoms with Gasteiger partial charge < -0.3 is 19.6 Å². The third-order valence-electron chi connectivity index (χ3n) is 3.79. The molecule has 11 nitrogen and oxygen atoms in total. The number of hydrogen-bond donors (Lipinski definition) is 2. The van der Waals surface area contributed by atoms with Crippen LogP contribution in [0.5, 0.6) is 0 Å².